The average molecular weight is 530 g/mol. The zero-order chi connectivity index (χ0) is 26.1. The van der Waals surface area contributed by atoms with Crippen molar-refractivity contribution in [3.05, 3.63) is 64.7 Å². The summed E-state index contributed by atoms with van der Waals surface area (Å²) in [5.41, 5.74) is 4.41. The lowest BCUT2D eigenvalue weighted by molar-refractivity contribution is 0.00110. The number of carbonyl (C=O) groups excluding carboxylic acids is 1. The molecule has 0 atom stereocenters. The monoisotopic (exact) mass is 529 g/mol. The maximum atomic E-state index is 13.1. The van der Waals surface area contributed by atoms with Gasteiger partial charge in [0.1, 0.15) is 17.8 Å². The molecule has 1 spiro atoms. The van der Waals surface area contributed by atoms with E-state index in [-0.39, 0.29) is 17.0 Å². The molecule has 0 unspecified atom stereocenters. The zero-order valence-electron chi connectivity index (χ0n) is 21.4. The molecule has 3 aliphatic rings. The van der Waals surface area contributed by atoms with Crippen LogP contribution in [0.3, 0.4) is 0 Å². The number of ether oxygens (including phenoxy) is 1. The van der Waals surface area contributed by atoms with Gasteiger partial charge in [-0.15, -0.1) is 0 Å². The van der Waals surface area contributed by atoms with E-state index in [1.165, 1.54) is 6.33 Å². The lowest BCUT2D eigenvalue weighted by Gasteiger charge is -2.56. The third-order valence-electron chi connectivity index (χ3n) is 7.92. The quantitative estimate of drug-likeness (QED) is 0.403. The van der Waals surface area contributed by atoms with Crippen molar-refractivity contribution in [2.24, 2.45) is 0 Å². The number of hydrogen-bond donors (Lipinski definition) is 1. The number of hydrogen-bond acceptors (Lipinski definition) is 7. The summed E-state index contributed by atoms with van der Waals surface area (Å²) in [5.74, 6) is 1.08. The van der Waals surface area contributed by atoms with Crippen molar-refractivity contribution in [3.63, 3.8) is 0 Å². The summed E-state index contributed by atoms with van der Waals surface area (Å²) >= 11 is 6.83. The van der Waals surface area contributed by atoms with E-state index in [2.05, 4.69) is 27.2 Å². The van der Waals surface area contributed by atoms with Gasteiger partial charge in [-0.2, -0.15) is 4.98 Å². The first-order valence-electron chi connectivity index (χ1n) is 13.0. The lowest BCUT2D eigenvalue weighted by Crippen LogP contribution is -2.76. The van der Waals surface area contributed by atoms with Crippen LogP contribution in [-0.2, 0) is 6.54 Å². The number of nitrogens with one attached hydrogen (secondary N) is 1. The molecule has 0 bridgehead atoms. The Hall–Kier alpha value is -3.56. The largest absolute Gasteiger partial charge is 0.470 e. The molecule has 38 heavy (non-hydrogen) atoms. The molecule has 2 saturated heterocycles. The van der Waals surface area contributed by atoms with Crippen LogP contribution >= 0.6 is 11.6 Å². The Morgan fingerprint density at radius 3 is 2.63 bits per heavy atom. The fourth-order valence-electron chi connectivity index (χ4n) is 5.29. The van der Waals surface area contributed by atoms with Gasteiger partial charge in [-0.1, -0.05) is 11.6 Å². The first kappa shape index (κ1) is 23.5. The first-order chi connectivity index (χ1) is 18.3. The third kappa shape index (κ3) is 4.01. The molecule has 2 aliphatic heterocycles. The Bertz CT molecular complexity index is 1580. The van der Waals surface area contributed by atoms with E-state index >= 15 is 0 Å². The summed E-state index contributed by atoms with van der Waals surface area (Å²) in [6.45, 7) is 7.06. The van der Waals surface area contributed by atoms with E-state index in [4.69, 9.17) is 21.3 Å². The molecule has 4 aromatic rings. The van der Waals surface area contributed by atoms with Gasteiger partial charge in [0.2, 0.25) is 5.88 Å². The number of fused-ring (bicyclic) bond motifs is 1. The minimum atomic E-state index is -0.215. The van der Waals surface area contributed by atoms with Crippen LogP contribution in [0.25, 0.3) is 22.6 Å². The Balaban J connectivity index is 1.28. The number of carbonyl (C=O) groups is 1. The predicted molar refractivity (Wildman–Crippen MR) is 143 cm³/mol. The van der Waals surface area contributed by atoms with Crippen LogP contribution < -0.4 is 10.1 Å². The molecule has 7 rings (SSSR count). The number of rotatable bonds is 6. The Morgan fingerprint density at radius 1 is 1.13 bits per heavy atom. The Labute approximate surface area is 225 Å². The summed E-state index contributed by atoms with van der Waals surface area (Å²) in [4.78, 5) is 33.4. The second-order valence-corrected chi connectivity index (χ2v) is 11.5. The van der Waals surface area contributed by atoms with Gasteiger partial charge in [0.25, 0.3) is 5.91 Å². The number of pyridine rings is 1. The first-order valence-corrected chi connectivity index (χ1v) is 13.4. The molecule has 5 heterocycles. The molecular formula is C28H28ClN7O2. The number of imidazole rings is 1. The van der Waals surface area contributed by atoms with Crippen molar-refractivity contribution >= 4 is 28.7 Å². The van der Waals surface area contributed by atoms with Gasteiger partial charge in [0.15, 0.2) is 11.2 Å². The van der Waals surface area contributed by atoms with Crippen LogP contribution in [0.15, 0.2) is 42.9 Å². The summed E-state index contributed by atoms with van der Waals surface area (Å²) in [6, 6.07) is 9.44. The van der Waals surface area contributed by atoms with Gasteiger partial charge >= 0.3 is 0 Å². The molecule has 1 aliphatic carbocycles. The highest BCUT2D eigenvalue weighted by Crippen LogP contribution is 2.41. The Morgan fingerprint density at radius 2 is 1.95 bits per heavy atom. The van der Waals surface area contributed by atoms with Gasteiger partial charge in [-0.05, 0) is 75.5 Å². The number of benzene rings is 1. The molecule has 3 aromatic heterocycles. The van der Waals surface area contributed by atoms with E-state index < -0.39 is 0 Å². The minimum Gasteiger partial charge on any atom is -0.470 e. The zero-order valence-corrected chi connectivity index (χ0v) is 22.1. The summed E-state index contributed by atoms with van der Waals surface area (Å²) < 4.78 is 8.22. The van der Waals surface area contributed by atoms with Gasteiger partial charge < -0.3 is 19.5 Å². The lowest BCUT2D eigenvalue weighted by atomic mass is 9.80. The highest BCUT2D eigenvalue weighted by atomic mass is 35.5. The number of aryl methyl sites for hydroxylation is 1. The average Bonchev–Trinajstić information content (AvgIpc) is 3.45. The van der Waals surface area contributed by atoms with Crippen molar-refractivity contribution in [2.75, 3.05) is 19.6 Å². The van der Waals surface area contributed by atoms with Crippen molar-refractivity contribution in [3.8, 4) is 17.3 Å². The molecule has 10 heteroatoms. The van der Waals surface area contributed by atoms with E-state index in [1.807, 2.05) is 40.7 Å². The van der Waals surface area contributed by atoms with Crippen LogP contribution in [0.5, 0.6) is 5.88 Å². The smallest absolute Gasteiger partial charge is 0.254 e. The standard InChI is InChI=1S/C28H28ClN7O2/c1-17-5-9-30-19(11-17)13-36-23(34-22-24(36)31-16-32-25(22)38-27(2)6-7-27)20-4-3-18(12-21(20)29)26(37)35-14-28(15-35)8-10-33-28/h3-5,9,11-12,16,33H,6-8,10,13-15H2,1-2H3. The molecular weight excluding hydrogens is 502 g/mol. The highest BCUT2D eigenvalue weighted by Gasteiger charge is 2.49. The topological polar surface area (TPSA) is 98.1 Å². The maximum Gasteiger partial charge on any atom is 0.254 e. The minimum absolute atomic E-state index is 0.00512. The van der Waals surface area contributed by atoms with E-state index in [0.29, 0.717) is 45.6 Å². The normalized spacial score (nSPS) is 18.8. The number of halogens is 1. The van der Waals surface area contributed by atoms with Gasteiger partial charge in [0.05, 0.1) is 22.8 Å². The van der Waals surface area contributed by atoms with Crippen LogP contribution in [0, 0.1) is 6.92 Å². The van der Waals surface area contributed by atoms with Gasteiger partial charge in [-0.25, -0.2) is 9.97 Å². The summed E-state index contributed by atoms with van der Waals surface area (Å²) in [5, 5.41) is 3.89. The predicted octanol–water partition coefficient (Wildman–Crippen LogP) is 4.02. The van der Waals surface area contributed by atoms with Crippen LogP contribution in [0.2, 0.25) is 5.02 Å². The molecule has 0 radical (unpaired) electrons. The SMILES string of the molecule is Cc1ccnc(Cn2c(-c3ccc(C(=O)N4CC5(CCN5)C4)cc3Cl)nc3c(OC4(C)CC4)ncnc32)c1. The highest BCUT2D eigenvalue weighted by molar-refractivity contribution is 6.33. The fourth-order valence-corrected chi connectivity index (χ4v) is 5.56. The number of likely N-dealkylation sites (tertiary alicyclic amines) is 1. The Kier molecular flexibility index (Phi) is 5.25. The van der Waals surface area contributed by atoms with Crippen LogP contribution in [-0.4, -0.2) is 66.1 Å². The van der Waals surface area contributed by atoms with Crippen molar-refractivity contribution < 1.29 is 9.53 Å². The third-order valence-corrected chi connectivity index (χ3v) is 8.24. The van der Waals surface area contributed by atoms with Gasteiger partial charge in [-0.3, -0.25) is 9.78 Å². The van der Waals surface area contributed by atoms with Gasteiger partial charge in [0, 0.05) is 30.4 Å². The molecule has 1 amide bonds. The van der Waals surface area contributed by atoms with Crippen LogP contribution in [0.4, 0.5) is 0 Å². The van der Waals surface area contributed by atoms with Crippen molar-refractivity contribution in [1.82, 2.24) is 34.7 Å². The molecule has 3 fully saturated rings. The molecule has 194 valence electrons. The molecule has 9 nitrogen and oxygen atoms in total. The molecule has 1 aromatic carbocycles. The molecule has 1 saturated carbocycles. The number of nitrogens with zero attached hydrogens (tertiary/aromatic N) is 6. The van der Waals surface area contributed by atoms with E-state index in [9.17, 15) is 4.79 Å². The summed E-state index contributed by atoms with van der Waals surface area (Å²) in [7, 11) is 0. The second kappa shape index (κ2) is 8.47. The molecule has 1 N–H and O–H groups in total. The number of aromatic nitrogens is 5. The van der Waals surface area contributed by atoms with E-state index in [0.717, 1.165) is 50.2 Å². The van der Waals surface area contributed by atoms with Crippen molar-refractivity contribution in [1.29, 1.82) is 0 Å². The summed E-state index contributed by atoms with van der Waals surface area (Å²) in [6.07, 6.45) is 6.39. The van der Waals surface area contributed by atoms with Crippen LogP contribution in [0.1, 0.15) is 47.8 Å². The van der Waals surface area contributed by atoms with E-state index in [1.54, 1.807) is 12.3 Å². The second-order valence-electron chi connectivity index (χ2n) is 11.1. The number of amides is 1. The maximum absolute atomic E-state index is 13.1. The fraction of sp³-hybridized carbons (Fsp3) is 0.393. The van der Waals surface area contributed by atoms with Crippen molar-refractivity contribution in [2.45, 2.75) is 50.8 Å².